The molecule has 138 valence electrons. The SMILES string of the molecule is Cc1cc(C)c(C(=O)[P+](=O)CCCCCCC2CCCCC2)c(C)c1. The summed E-state index contributed by atoms with van der Waals surface area (Å²) >= 11 is 0. The third kappa shape index (κ3) is 6.33. The molecule has 0 aliphatic heterocycles. The molecule has 0 N–H and O–H groups in total. The first-order chi connectivity index (χ1) is 12.0. The maximum atomic E-state index is 12.5. The molecular formula is C22H34O2P+. The van der Waals surface area contributed by atoms with Crippen LogP contribution in [0.3, 0.4) is 0 Å². The van der Waals surface area contributed by atoms with E-state index in [9.17, 15) is 9.36 Å². The van der Waals surface area contributed by atoms with Gasteiger partial charge in [0.2, 0.25) is 0 Å². The molecular weight excluding hydrogens is 327 g/mol. The Morgan fingerprint density at radius 2 is 1.56 bits per heavy atom. The van der Waals surface area contributed by atoms with Crippen LogP contribution in [-0.4, -0.2) is 11.7 Å². The molecule has 0 spiro atoms. The lowest BCUT2D eigenvalue weighted by Crippen LogP contribution is -2.05. The smallest absolute Gasteiger partial charge is 0.234 e. The molecule has 0 amide bonds. The van der Waals surface area contributed by atoms with Crippen LogP contribution in [0.25, 0.3) is 0 Å². The summed E-state index contributed by atoms with van der Waals surface area (Å²) in [5.41, 5.74) is 3.60. The number of benzene rings is 1. The van der Waals surface area contributed by atoms with E-state index < -0.39 is 7.80 Å². The summed E-state index contributed by atoms with van der Waals surface area (Å²) in [6.45, 7) is 5.92. The zero-order valence-corrected chi connectivity index (χ0v) is 17.2. The van der Waals surface area contributed by atoms with Crippen molar-refractivity contribution in [1.29, 1.82) is 0 Å². The number of carbonyl (C=O) groups excluding carboxylic acids is 1. The van der Waals surface area contributed by atoms with Crippen LogP contribution in [0.15, 0.2) is 12.1 Å². The maximum absolute atomic E-state index is 12.5. The minimum Gasteiger partial charge on any atom is -0.234 e. The Labute approximate surface area is 154 Å². The van der Waals surface area contributed by atoms with Crippen LogP contribution in [0.4, 0.5) is 0 Å². The topological polar surface area (TPSA) is 34.1 Å². The fourth-order valence-corrected chi connectivity index (χ4v) is 5.58. The average molecular weight is 361 g/mol. The van der Waals surface area contributed by atoms with Crippen molar-refractivity contribution >= 4 is 13.3 Å². The third-order valence-electron chi connectivity index (χ3n) is 5.57. The molecule has 1 aliphatic rings. The highest BCUT2D eigenvalue weighted by atomic mass is 31.1. The number of rotatable bonds is 9. The molecule has 0 heterocycles. The van der Waals surface area contributed by atoms with E-state index in [-0.39, 0.29) is 5.52 Å². The number of unbranched alkanes of at least 4 members (excludes halogenated alkanes) is 3. The van der Waals surface area contributed by atoms with Crippen molar-refractivity contribution in [3.8, 4) is 0 Å². The maximum Gasteiger partial charge on any atom is 0.420 e. The first-order valence-corrected chi connectivity index (χ1v) is 11.5. The van der Waals surface area contributed by atoms with Crippen LogP contribution < -0.4 is 0 Å². The van der Waals surface area contributed by atoms with Gasteiger partial charge in [-0.1, -0.05) is 73.6 Å². The molecule has 0 bridgehead atoms. The summed E-state index contributed by atoms with van der Waals surface area (Å²) in [5, 5.41) is 0. The van der Waals surface area contributed by atoms with Gasteiger partial charge < -0.3 is 0 Å². The molecule has 0 radical (unpaired) electrons. The Hall–Kier alpha value is -1.01. The second-order valence-electron chi connectivity index (χ2n) is 7.89. The van der Waals surface area contributed by atoms with Gasteiger partial charge in [0.05, 0.1) is 5.56 Å². The summed E-state index contributed by atoms with van der Waals surface area (Å²) in [6, 6.07) is 4.02. The Morgan fingerprint density at radius 3 is 2.20 bits per heavy atom. The molecule has 1 saturated carbocycles. The average Bonchev–Trinajstić information content (AvgIpc) is 2.57. The zero-order valence-electron chi connectivity index (χ0n) is 16.3. The van der Waals surface area contributed by atoms with Crippen molar-refractivity contribution in [1.82, 2.24) is 0 Å². The van der Waals surface area contributed by atoms with Crippen LogP contribution >= 0.6 is 7.80 Å². The molecule has 1 aromatic carbocycles. The molecule has 1 aromatic rings. The van der Waals surface area contributed by atoms with E-state index in [1.807, 2.05) is 32.9 Å². The van der Waals surface area contributed by atoms with Crippen molar-refractivity contribution < 1.29 is 9.36 Å². The van der Waals surface area contributed by atoms with Crippen molar-refractivity contribution in [2.24, 2.45) is 5.92 Å². The largest absolute Gasteiger partial charge is 0.420 e. The van der Waals surface area contributed by atoms with Crippen molar-refractivity contribution in [2.45, 2.75) is 85.0 Å². The van der Waals surface area contributed by atoms with Crippen molar-refractivity contribution in [3.05, 3.63) is 34.4 Å². The molecule has 2 rings (SSSR count). The molecule has 1 unspecified atom stereocenters. The summed E-state index contributed by atoms with van der Waals surface area (Å²) in [4.78, 5) is 12.5. The predicted molar refractivity (Wildman–Crippen MR) is 107 cm³/mol. The third-order valence-corrected chi connectivity index (χ3v) is 6.96. The zero-order chi connectivity index (χ0) is 18.2. The van der Waals surface area contributed by atoms with E-state index in [4.69, 9.17) is 0 Å². The van der Waals surface area contributed by atoms with Crippen molar-refractivity contribution in [3.63, 3.8) is 0 Å². The first-order valence-electron chi connectivity index (χ1n) is 10.1. The highest BCUT2D eigenvalue weighted by molar-refractivity contribution is 7.64. The molecule has 0 aromatic heterocycles. The van der Waals surface area contributed by atoms with E-state index >= 15 is 0 Å². The Bertz CT molecular complexity index is 577. The molecule has 1 fully saturated rings. The second kappa shape index (κ2) is 10.2. The lowest BCUT2D eigenvalue weighted by atomic mass is 9.85. The Kier molecular flexibility index (Phi) is 8.30. The summed E-state index contributed by atoms with van der Waals surface area (Å²) in [6.07, 6.45) is 13.6. The van der Waals surface area contributed by atoms with Gasteiger partial charge in [-0.15, -0.1) is 0 Å². The van der Waals surface area contributed by atoms with Gasteiger partial charge >= 0.3 is 13.3 Å². The molecule has 0 saturated heterocycles. The van der Waals surface area contributed by atoms with E-state index in [0.29, 0.717) is 11.7 Å². The van der Waals surface area contributed by atoms with Gasteiger partial charge in [-0.25, -0.2) is 4.79 Å². The Balaban J connectivity index is 1.69. The van der Waals surface area contributed by atoms with Crippen LogP contribution in [0.2, 0.25) is 0 Å². The normalized spacial score (nSPS) is 16.0. The lowest BCUT2D eigenvalue weighted by molar-refractivity contribution is 0.107. The first kappa shape index (κ1) is 20.3. The summed E-state index contributed by atoms with van der Waals surface area (Å²) < 4.78 is 12.4. The van der Waals surface area contributed by atoms with E-state index in [0.717, 1.165) is 35.4 Å². The molecule has 1 aliphatic carbocycles. The van der Waals surface area contributed by atoms with Crippen molar-refractivity contribution in [2.75, 3.05) is 6.16 Å². The van der Waals surface area contributed by atoms with Gasteiger partial charge in [-0.05, 0) is 50.7 Å². The van der Waals surface area contributed by atoms with Gasteiger partial charge in [-0.3, -0.25) is 0 Å². The van der Waals surface area contributed by atoms with Gasteiger partial charge in [0.25, 0.3) is 0 Å². The molecule has 2 nitrogen and oxygen atoms in total. The van der Waals surface area contributed by atoms with Gasteiger partial charge in [0, 0.05) is 0 Å². The fraction of sp³-hybridized carbons (Fsp3) is 0.682. The number of carbonyl (C=O) groups is 1. The summed E-state index contributed by atoms with van der Waals surface area (Å²) in [5.74, 6) is 0.958. The van der Waals surface area contributed by atoms with E-state index in [2.05, 4.69) is 0 Å². The van der Waals surface area contributed by atoms with Crippen LogP contribution in [0.1, 0.15) is 91.3 Å². The standard InChI is InChI=1S/C22H34O2P/c1-17-15-18(2)21(19(3)16-17)22(23)25(24)14-10-5-4-7-11-20-12-8-6-9-13-20/h15-16,20H,4-14H2,1-3H3/q+1. The highest BCUT2D eigenvalue weighted by Crippen LogP contribution is 2.32. The van der Waals surface area contributed by atoms with Crippen LogP contribution in [0.5, 0.6) is 0 Å². The highest BCUT2D eigenvalue weighted by Gasteiger charge is 2.31. The second-order valence-corrected chi connectivity index (χ2v) is 9.50. The number of hydrogen-bond donors (Lipinski definition) is 0. The predicted octanol–water partition coefficient (Wildman–Crippen LogP) is 7.11. The number of hydrogen-bond acceptors (Lipinski definition) is 2. The van der Waals surface area contributed by atoms with Gasteiger partial charge in [-0.2, -0.15) is 0 Å². The summed E-state index contributed by atoms with van der Waals surface area (Å²) in [7, 11) is -1.78. The minimum absolute atomic E-state index is 0.146. The van der Waals surface area contributed by atoms with Gasteiger partial charge in [0.1, 0.15) is 0 Å². The van der Waals surface area contributed by atoms with Gasteiger partial charge in [0.15, 0.2) is 6.16 Å². The Morgan fingerprint density at radius 1 is 0.960 bits per heavy atom. The molecule has 1 atom stereocenters. The minimum atomic E-state index is -1.78. The van der Waals surface area contributed by atoms with E-state index in [1.165, 1.54) is 51.4 Å². The number of aryl methyl sites for hydroxylation is 3. The lowest BCUT2D eigenvalue weighted by Gasteiger charge is -2.21. The quantitative estimate of drug-likeness (QED) is 0.347. The monoisotopic (exact) mass is 361 g/mol. The molecule has 25 heavy (non-hydrogen) atoms. The fourth-order valence-electron chi connectivity index (χ4n) is 4.26. The van der Waals surface area contributed by atoms with E-state index in [1.54, 1.807) is 0 Å². The van der Waals surface area contributed by atoms with Crippen LogP contribution in [0, 0.1) is 26.7 Å². The molecule has 3 heteroatoms. The van der Waals surface area contributed by atoms with Crippen LogP contribution in [-0.2, 0) is 4.57 Å².